The number of unbranched alkanes of at least 4 members (excludes halogenated alkanes) is 7. The van der Waals surface area contributed by atoms with E-state index in [1.54, 1.807) is 36.8 Å². The molecule has 9 nitrogen and oxygen atoms in total. The molecule has 0 heterocycles. The molecule has 0 spiro atoms. The van der Waals surface area contributed by atoms with Gasteiger partial charge in [0.05, 0.1) is 6.61 Å². The summed E-state index contributed by atoms with van der Waals surface area (Å²) >= 11 is 2.75. The predicted molar refractivity (Wildman–Crippen MR) is 164 cm³/mol. The highest BCUT2D eigenvalue weighted by Crippen LogP contribution is 2.50. The van der Waals surface area contributed by atoms with Gasteiger partial charge in [0.2, 0.25) is 0 Å². The lowest BCUT2D eigenvalue weighted by Gasteiger charge is -2.25. The first-order valence-electron chi connectivity index (χ1n) is 14.1. The van der Waals surface area contributed by atoms with Gasteiger partial charge in [-0.1, -0.05) is 73.4 Å². The summed E-state index contributed by atoms with van der Waals surface area (Å²) in [5, 5.41) is 0. The third-order valence-corrected chi connectivity index (χ3v) is 8.77. The molecule has 2 rings (SSSR count). The van der Waals surface area contributed by atoms with Crippen LogP contribution in [-0.4, -0.2) is 54.9 Å². The highest BCUT2D eigenvalue weighted by Gasteiger charge is 2.47. The van der Waals surface area contributed by atoms with E-state index in [1.165, 1.54) is 54.2 Å². The van der Waals surface area contributed by atoms with Gasteiger partial charge in [0, 0.05) is 9.79 Å². The van der Waals surface area contributed by atoms with Gasteiger partial charge in [-0.25, -0.2) is 0 Å². The zero-order chi connectivity index (χ0) is 32.4. The summed E-state index contributed by atoms with van der Waals surface area (Å²) in [7, 11) is -4.85. The first kappa shape index (κ1) is 37.8. The largest absolute Gasteiger partial charge is 0.471 e. The minimum atomic E-state index is -5.40. The van der Waals surface area contributed by atoms with Crippen molar-refractivity contribution < 1.29 is 51.2 Å². The molecule has 2 aromatic carbocycles. The maximum absolute atomic E-state index is 13.7. The molecule has 246 valence electrons. The van der Waals surface area contributed by atoms with Crippen LogP contribution in [0.4, 0.5) is 13.2 Å². The first-order chi connectivity index (χ1) is 21.0. The number of esters is 1. The smallest absolute Gasteiger partial charge is 0.464 e. The van der Waals surface area contributed by atoms with Crippen molar-refractivity contribution in [3.05, 3.63) is 48.5 Å². The Hall–Kier alpha value is -2.38. The molecule has 0 saturated heterocycles. The van der Waals surface area contributed by atoms with Gasteiger partial charge in [-0.15, -0.1) is 23.5 Å². The lowest BCUT2D eigenvalue weighted by molar-refractivity contribution is -0.190. The molecule has 0 fully saturated rings. The van der Waals surface area contributed by atoms with Crippen molar-refractivity contribution in [2.45, 2.75) is 74.3 Å². The van der Waals surface area contributed by atoms with Crippen LogP contribution in [0.2, 0.25) is 0 Å². The van der Waals surface area contributed by atoms with E-state index < -0.39 is 38.5 Å². The summed E-state index contributed by atoms with van der Waals surface area (Å²) in [5.74, 6) is -3.44. The number of alkyl halides is 3. The van der Waals surface area contributed by atoms with Crippen molar-refractivity contribution >= 4 is 43.0 Å². The summed E-state index contributed by atoms with van der Waals surface area (Å²) in [6, 6.07) is 12.7. The minimum Gasteiger partial charge on any atom is -0.464 e. The average Bonchev–Trinajstić information content (AvgIpc) is 3.01. The number of hydrogen-bond donors (Lipinski definition) is 0. The Morgan fingerprint density at radius 3 is 1.80 bits per heavy atom. The van der Waals surface area contributed by atoms with E-state index in [4.69, 9.17) is 23.9 Å². The predicted octanol–water partition coefficient (Wildman–Crippen LogP) is 8.68. The van der Waals surface area contributed by atoms with Gasteiger partial charge in [0.25, 0.3) is 0 Å². The molecule has 0 N–H and O–H groups in total. The number of hydrogen-bond acceptors (Lipinski definition) is 10. The summed E-state index contributed by atoms with van der Waals surface area (Å²) < 4.78 is 69.3. The monoisotopic (exact) mass is 681 g/mol. The quantitative estimate of drug-likeness (QED) is 0.0318. The molecule has 0 aliphatic heterocycles. The van der Waals surface area contributed by atoms with Crippen LogP contribution in [0.1, 0.15) is 58.3 Å². The molecule has 0 bridgehead atoms. The van der Waals surface area contributed by atoms with E-state index in [1.807, 2.05) is 0 Å². The van der Waals surface area contributed by atoms with E-state index in [2.05, 4.69) is 6.92 Å². The number of ether oxygens (including phenoxy) is 1. The van der Waals surface area contributed by atoms with Gasteiger partial charge in [-0.2, -0.15) is 13.2 Å². The van der Waals surface area contributed by atoms with Crippen LogP contribution in [0, 0.1) is 0 Å². The maximum atomic E-state index is 13.7. The molecule has 0 atom stereocenters. The molecule has 0 saturated carbocycles. The van der Waals surface area contributed by atoms with Crippen LogP contribution in [-0.2, 0) is 28.2 Å². The highest BCUT2D eigenvalue weighted by atomic mass is 32.2. The number of rotatable bonds is 21. The minimum absolute atomic E-state index is 0.0137. The fraction of sp³-hybridized carbons (Fsp3) is 0.517. The van der Waals surface area contributed by atoms with Crippen LogP contribution >= 0.6 is 31.1 Å². The van der Waals surface area contributed by atoms with Crippen molar-refractivity contribution in [1.82, 2.24) is 4.90 Å². The number of thioether (sulfide) groups is 2. The second kappa shape index (κ2) is 19.9. The van der Waals surface area contributed by atoms with E-state index in [9.17, 15) is 27.3 Å². The van der Waals surface area contributed by atoms with Gasteiger partial charge >= 0.3 is 25.6 Å². The maximum Gasteiger partial charge on any atom is 0.471 e. The molecule has 0 aliphatic rings. The third-order valence-electron chi connectivity index (χ3n) is 6.03. The van der Waals surface area contributed by atoms with E-state index in [0.29, 0.717) is 6.42 Å². The fourth-order valence-electron chi connectivity index (χ4n) is 3.76. The van der Waals surface area contributed by atoms with Crippen molar-refractivity contribution in [3.8, 4) is 11.5 Å². The zero-order valence-corrected chi connectivity index (χ0v) is 27.5. The Labute approximate surface area is 264 Å². The normalized spacial score (nSPS) is 11.7. The molecular formula is C29H39F3NO8PS2. The lowest BCUT2D eigenvalue weighted by atomic mass is 10.1. The van der Waals surface area contributed by atoms with Gasteiger partial charge in [0.15, 0.2) is 11.5 Å². The molecule has 2 aromatic rings. The van der Waals surface area contributed by atoms with Gasteiger partial charge < -0.3 is 19.4 Å². The second-order valence-electron chi connectivity index (χ2n) is 9.62. The van der Waals surface area contributed by atoms with Crippen LogP contribution in [0.25, 0.3) is 0 Å². The Bertz CT molecular complexity index is 1170. The number of benzene rings is 2. The number of halogens is 3. The van der Waals surface area contributed by atoms with Crippen LogP contribution in [0.15, 0.2) is 58.3 Å². The molecule has 0 unspecified atom stereocenters. The number of nitrogens with zero attached hydrogens (tertiary/aromatic N) is 1. The fourth-order valence-corrected chi connectivity index (χ4v) is 5.83. The summed E-state index contributed by atoms with van der Waals surface area (Å²) in [6.45, 7) is 0.947. The number of amides is 1. The van der Waals surface area contributed by atoms with E-state index >= 15 is 0 Å². The Kier molecular flexibility index (Phi) is 17.1. The second-order valence-corrected chi connectivity index (χ2v) is 13.2. The van der Waals surface area contributed by atoms with Gasteiger partial charge in [-0.3, -0.25) is 14.2 Å². The van der Waals surface area contributed by atoms with E-state index in [-0.39, 0.29) is 23.0 Å². The number of carbonyl (C=O) groups excluding carboxylic acids is 2. The topological polar surface area (TPSA) is 101 Å². The van der Waals surface area contributed by atoms with E-state index in [0.717, 1.165) is 48.3 Å². The molecule has 1 amide bonds. The van der Waals surface area contributed by atoms with Crippen LogP contribution in [0.5, 0.6) is 11.5 Å². The first-order valence-corrected chi connectivity index (χ1v) is 18.3. The van der Waals surface area contributed by atoms with Crippen LogP contribution < -0.4 is 9.78 Å². The van der Waals surface area contributed by atoms with Crippen molar-refractivity contribution in [2.24, 2.45) is 0 Å². The molecule has 0 aliphatic carbocycles. The molecule has 15 heteroatoms. The standard InChI is InChI=1S/C29H39F3NO8PS2/c1-4-5-6-7-8-9-10-11-18-37-27(34)21-33(28(35)29(30,31)32)22-42(36,40-38-23-14-12-16-25(19-23)43-2)41-39-24-15-13-17-26(20-24)44-3/h12-17,19-20H,4-11,18,21-22H2,1-3H3. The third kappa shape index (κ3) is 14.6. The average molecular weight is 682 g/mol. The Morgan fingerprint density at radius 1 is 0.818 bits per heavy atom. The van der Waals surface area contributed by atoms with Crippen molar-refractivity contribution in [1.29, 1.82) is 0 Å². The van der Waals surface area contributed by atoms with Crippen molar-refractivity contribution in [2.75, 3.05) is 31.9 Å². The molecule has 0 radical (unpaired) electrons. The lowest BCUT2D eigenvalue weighted by Crippen LogP contribution is -2.45. The van der Waals surface area contributed by atoms with Crippen molar-refractivity contribution in [3.63, 3.8) is 0 Å². The molecule has 0 aromatic heterocycles. The SMILES string of the molecule is CCCCCCCCCCOC(=O)CN(CP(=O)(OOc1cccc(SC)c1)OOc1cccc(SC)c1)C(=O)C(F)(F)F. The summed E-state index contributed by atoms with van der Waals surface area (Å²) in [5.41, 5.74) is 0. The Morgan fingerprint density at radius 2 is 1.32 bits per heavy atom. The van der Waals surface area contributed by atoms with Crippen LogP contribution in [0.3, 0.4) is 0 Å². The number of carbonyl (C=O) groups is 2. The van der Waals surface area contributed by atoms with Gasteiger partial charge in [-0.05, 0) is 55.3 Å². The summed E-state index contributed by atoms with van der Waals surface area (Å²) in [4.78, 5) is 36.5. The summed E-state index contributed by atoms with van der Waals surface area (Å²) in [6.07, 6.45) is 4.78. The molecule has 44 heavy (non-hydrogen) atoms. The van der Waals surface area contributed by atoms with Gasteiger partial charge in [0.1, 0.15) is 12.8 Å². The zero-order valence-electron chi connectivity index (χ0n) is 25.0. The Balaban J connectivity index is 2.13. The highest BCUT2D eigenvalue weighted by molar-refractivity contribution is 7.98. The molecular weight excluding hydrogens is 642 g/mol.